The van der Waals surface area contributed by atoms with Gasteiger partial charge in [0.25, 0.3) is 10.0 Å². The number of hydrogen-bond donors (Lipinski definition) is 1. The molecule has 1 heterocycles. The van der Waals surface area contributed by atoms with Crippen LogP contribution in [0.1, 0.15) is 20.8 Å². The molecule has 0 radical (unpaired) electrons. The highest BCUT2D eigenvalue weighted by atomic mass is 35.5. The maximum absolute atomic E-state index is 13.3. The van der Waals surface area contributed by atoms with E-state index in [1.165, 1.54) is 23.6 Å². The summed E-state index contributed by atoms with van der Waals surface area (Å²) in [5.74, 6) is -1.03. The fourth-order valence-electron chi connectivity index (χ4n) is 2.65. The molecule has 0 aliphatic carbocycles. The molecule has 3 aromatic rings. The van der Waals surface area contributed by atoms with Crippen LogP contribution < -0.4 is 9.46 Å². The first-order valence-corrected chi connectivity index (χ1v) is 12.0. The van der Waals surface area contributed by atoms with E-state index in [2.05, 4.69) is 9.46 Å². The van der Waals surface area contributed by atoms with Crippen molar-refractivity contribution in [2.24, 2.45) is 0 Å². The van der Waals surface area contributed by atoms with Gasteiger partial charge in [0.2, 0.25) is 0 Å². The number of benzene rings is 2. The number of thiophene rings is 1. The van der Waals surface area contributed by atoms with Gasteiger partial charge in [-0.15, -0.1) is 11.3 Å². The molecule has 0 atom stereocenters. The quantitative estimate of drug-likeness (QED) is 0.350. The number of nitrogens with one attached hydrogen (secondary N) is 1. The van der Waals surface area contributed by atoms with Crippen molar-refractivity contribution in [3.8, 4) is 11.5 Å². The maximum atomic E-state index is 13.3. The number of alkyl halides is 3. The predicted molar refractivity (Wildman–Crippen MR) is 119 cm³/mol. The number of halogens is 5. The molecule has 0 unspecified atom stereocenters. The van der Waals surface area contributed by atoms with Gasteiger partial charge >= 0.3 is 12.1 Å². The van der Waals surface area contributed by atoms with Crippen LogP contribution in [0.25, 0.3) is 0 Å². The Hall–Kier alpha value is -2.47. The SMILES string of the molecule is COC(=O)c1sccc1Oc1ccc(C(F)(F)F)cc1NS(=O)(=O)c1cc(C)c(Cl)cc1Cl. The van der Waals surface area contributed by atoms with Gasteiger partial charge in [0, 0.05) is 5.02 Å². The summed E-state index contributed by atoms with van der Waals surface area (Å²) in [6.45, 7) is 1.54. The predicted octanol–water partition coefficient (Wildman–Crippen LogP) is 6.76. The van der Waals surface area contributed by atoms with Gasteiger partial charge in [-0.3, -0.25) is 4.72 Å². The molecular formula is C20H14Cl2F3NO5S2. The smallest absolute Gasteiger partial charge is 0.416 e. The van der Waals surface area contributed by atoms with E-state index in [0.717, 1.165) is 30.6 Å². The second-order valence-corrected chi connectivity index (χ2v) is 9.93. The van der Waals surface area contributed by atoms with Crippen LogP contribution in [0, 0.1) is 6.92 Å². The summed E-state index contributed by atoms with van der Waals surface area (Å²) in [7, 11) is -3.30. The van der Waals surface area contributed by atoms with E-state index in [4.69, 9.17) is 27.9 Å². The molecule has 1 aromatic heterocycles. The molecule has 0 amide bonds. The first-order valence-electron chi connectivity index (χ1n) is 8.87. The minimum absolute atomic E-state index is 0.0209. The van der Waals surface area contributed by atoms with Crippen LogP contribution in [-0.2, 0) is 20.9 Å². The number of methoxy groups -OCH3 is 1. The molecule has 33 heavy (non-hydrogen) atoms. The summed E-state index contributed by atoms with van der Waals surface area (Å²) >= 11 is 12.9. The second-order valence-electron chi connectivity index (χ2n) is 6.55. The van der Waals surface area contributed by atoms with E-state index in [-0.39, 0.29) is 31.3 Å². The minimum atomic E-state index is -4.76. The van der Waals surface area contributed by atoms with E-state index in [9.17, 15) is 26.4 Å². The zero-order valence-electron chi connectivity index (χ0n) is 16.8. The zero-order chi connectivity index (χ0) is 24.6. The molecule has 0 bridgehead atoms. The minimum Gasteiger partial charge on any atom is -0.465 e. The number of carbonyl (C=O) groups is 1. The Labute approximate surface area is 200 Å². The normalized spacial score (nSPS) is 11.8. The maximum Gasteiger partial charge on any atom is 0.416 e. The number of aryl methyl sites for hydroxylation is 1. The van der Waals surface area contributed by atoms with Crippen molar-refractivity contribution in [1.29, 1.82) is 0 Å². The number of carbonyl (C=O) groups excluding carboxylic acids is 1. The van der Waals surface area contributed by atoms with Crippen molar-refractivity contribution in [3.05, 3.63) is 67.8 Å². The van der Waals surface area contributed by atoms with Crippen molar-refractivity contribution in [2.75, 3.05) is 11.8 Å². The van der Waals surface area contributed by atoms with Crippen molar-refractivity contribution < 1.29 is 35.9 Å². The van der Waals surface area contributed by atoms with E-state index < -0.39 is 33.4 Å². The highest BCUT2D eigenvalue weighted by Gasteiger charge is 2.32. The van der Waals surface area contributed by atoms with Crippen LogP contribution in [0.2, 0.25) is 10.0 Å². The molecule has 0 spiro atoms. The van der Waals surface area contributed by atoms with Gasteiger partial charge < -0.3 is 9.47 Å². The molecule has 0 saturated carbocycles. The first kappa shape index (κ1) is 25.2. The molecule has 13 heteroatoms. The number of rotatable bonds is 6. The Balaban J connectivity index is 2.09. The third-order valence-corrected chi connectivity index (χ3v) is 7.39. The molecular weight excluding hydrogens is 526 g/mol. The van der Waals surface area contributed by atoms with Crippen LogP contribution in [-0.4, -0.2) is 21.5 Å². The van der Waals surface area contributed by atoms with Crippen molar-refractivity contribution in [1.82, 2.24) is 0 Å². The van der Waals surface area contributed by atoms with Crippen LogP contribution in [0.3, 0.4) is 0 Å². The lowest BCUT2D eigenvalue weighted by atomic mass is 10.2. The van der Waals surface area contributed by atoms with E-state index >= 15 is 0 Å². The van der Waals surface area contributed by atoms with Crippen molar-refractivity contribution in [3.63, 3.8) is 0 Å². The van der Waals surface area contributed by atoms with Crippen LogP contribution in [0.15, 0.2) is 46.7 Å². The summed E-state index contributed by atoms with van der Waals surface area (Å²) in [6.07, 6.45) is -4.76. The topological polar surface area (TPSA) is 81.7 Å². The summed E-state index contributed by atoms with van der Waals surface area (Å²) in [5, 5.41) is 1.50. The lowest BCUT2D eigenvalue weighted by Crippen LogP contribution is -2.15. The molecule has 6 nitrogen and oxygen atoms in total. The number of esters is 1. The molecule has 0 aliphatic heterocycles. The van der Waals surface area contributed by atoms with E-state index in [0.29, 0.717) is 11.6 Å². The number of hydrogen-bond acceptors (Lipinski definition) is 6. The summed E-state index contributed by atoms with van der Waals surface area (Å²) < 4.78 is 78.2. The average Bonchev–Trinajstić information content (AvgIpc) is 3.18. The Morgan fingerprint density at radius 2 is 1.76 bits per heavy atom. The van der Waals surface area contributed by atoms with Gasteiger partial charge in [-0.25, -0.2) is 13.2 Å². The average molecular weight is 540 g/mol. The van der Waals surface area contributed by atoms with Crippen molar-refractivity contribution >= 4 is 56.2 Å². The van der Waals surface area contributed by atoms with E-state index in [1.54, 1.807) is 6.92 Å². The first-order chi connectivity index (χ1) is 15.3. The third kappa shape index (κ3) is 5.55. The van der Waals surface area contributed by atoms with Gasteiger partial charge in [0.1, 0.15) is 4.90 Å². The molecule has 2 aromatic carbocycles. The number of sulfonamides is 1. The van der Waals surface area contributed by atoms with E-state index in [1.807, 2.05) is 0 Å². The third-order valence-electron chi connectivity index (χ3n) is 4.27. The second kappa shape index (κ2) is 9.41. The summed E-state index contributed by atoms with van der Waals surface area (Å²) in [4.78, 5) is 11.5. The van der Waals surface area contributed by atoms with Gasteiger partial charge in [-0.1, -0.05) is 23.2 Å². The molecule has 0 fully saturated rings. The largest absolute Gasteiger partial charge is 0.465 e. The van der Waals surface area contributed by atoms with Gasteiger partial charge in [-0.2, -0.15) is 13.2 Å². The Morgan fingerprint density at radius 1 is 1.06 bits per heavy atom. The Kier molecular flexibility index (Phi) is 7.18. The van der Waals surface area contributed by atoms with Gasteiger partial charge in [-0.05, 0) is 54.3 Å². The fraction of sp³-hybridized carbons (Fsp3) is 0.150. The fourth-order valence-corrected chi connectivity index (χ4v) is 5.28. The summed E-state index contributed by atoms with van der Waals surface area (Å²) in [6, 6.07) is 6.03. The van der Waals surface area contributed by atoms with Gasteiger partial charge in [0.05, 0.1) is 23.4 Å². The molecule has 0 aliphatic rings. The van der Waals surface area contributed by atoms with Crippen molar-refractivity contribution in [2.45, 2.75) is 18.0 Å². The lowest BCUT2D eigenvalue weighted by Gasteiger charge is -2.17. The molecule has 1 N–H and O–H groups in total. The molecule has 176 valence electrons. The Morgan fingerprint density at radius 3 is 2.39 bits per heavy atom. The van der Waals surface area contributed by atoms with Crippen LogP contribution >= 0.6 is 34.5 Å². The monoisotopic (exact) mass is 539 g/mol. The molecule has 3 rings (SSSR count). The van der Waals surface area contributed by atoms with Gasteiger partial charge in [0.15, 0.2) is 16.4 Å². The zero-order valence-corrected chi connectivity index (χ0v) is 19.9. The molecule has 0 saturated heterocycles. The summed E-state index contributed by atoms with van der Waals surface area (Å²) in [5.41, 5.74) is -1.25. The lowest BCUT2D eigenvalue weighted by molar-refractivity contribution is -0.137. The standard InChI is InChI=1S/C20H14Cl2F3NO5S2/c1-10-7-17(13(22)9-12(10)21)33(28,29)26-14-8-11(20(23,24)25)3-4-15(14)31-16-5-6-32-18(16)19(27)30-2/h3-9,26H,1-2H3. The number of ether oxygens (including phenoxy) is 2. The van der Waals surface area contributed by atoms with Crippen LogP contribution in [0.4, 0.5) is 18.9 Å². The highest BCUT2D eigenvalue weighted by Crippen LogP contribution is 2.40. The number of anilines is 1. The highest BCUT2D eigenvalue weighted by molar-refractivity contribution is 7.92. The van der Waals surface area contributed by atoms with Crippen LogP contribution in [0.5, 0.6) is 11.5 Å². The Bertz CT molecular complexity index is 1320.